The molecule has 0 amide bonds. The summed E-state index contributed by atoms with van der Waals surface area (Å²) in [7, 11) is 1.58. The van der Waals surface area contributed by atoms with E-state index < -0.39 is 0 Å². The molecule has 0 aliphatic heterocycles. The number of benzene rings is 3. The molecule has 144 valence electrons. The zero-order valence-corrected chi connectivity index (χ0v) is 18.4. The van der Waals surface area contributed by atoms with Crippen LogP contribution in [0.15, 0.2) is 71.5 Å². The molecule has 6 heteroatoms. The summed E-state index contributed by atoms with van der Waals surface area (Å²) in [5.41, 5.74) is 1.96. The molecule has 4 nitrogen and oxygen atoms in total. The Kier molecular flexibility index (Phi) is 5.69. The van der Waals surface area contributed by atoms with Crippen LogP contribution >= 0.6 is 34.2 Å². The Morgan fingerprint density at radius 1 is 1.03 bits per heavy atom. The normalized spacial score (nSPS) is 11.3. The Morgan fingerprint density at radius 2 is 1.79 bits per heavy atom. The van der Waals surface area contributed by atoms with Crippen molar-refractivity contribution in [3.63, 3.8) is 0 Å². The van der Waals surface area contributed by atoms with Gasteiger partial charge >= 0.3 is 0 Å². The third kappa shape index (κ3) is 3.93. The number of methoxy groups -OCH3 is 1. The van der Waals surface area contributed by atoms with Gasteiger partial charge in [0.1, 0.15) is 11.6 Å². The van der Waals surface area contributed by atoms with Crippen molar-refractivity contribution in [3.05, 3.63) is 97.1 Å². The fraction of sp³-hybridized carbons (Fsp3) is 0.0435. The predicted molar refractivity (Wildman–Crippen MR) is 127 cm³/mol. The van der Waals surface area contributed by atoms with Gasteiger partial charge in [-0.3, -0.25) is 9.36 Å². The number of ether oxygens (including phenoxy) is 1. The molecular weight excluding hydrogens is 499 g/mol. The van der Waals surface area contributed by atoms with Crippen molar-refractivity contribution in [1.82, 2.24) is 9.55 Å². The average molecular weight is 515 g/mol. The van der Waals surface area contributed by atoms with Crippen LogP contribution in [0.25, 0.3) is 28.7 Å². The molecular formula is C23H16ClIN2O2. The Bertz CT molecular complexity index is 1300. The molecule has 0 saturated heterocycles. The van der Waals surface area contributed by atoms with Crippen molar-refractivity contribution in [2.24, 2.45) is 0 Å². The fourth-order valence-electron chi connectivity index (χ4n) is 3.11. The molecule has 1 heterocycles. The minimum Gasteiger partial charge on any atom is -0.495 e. The van der Waals surface area contributed by atoms with E-state index in [4.69, 9.17) is 21.3 Å². The van der Waals surface area contributed by atoms with Crippen molar-refractivity contribution in [2.75, 3.05) is 7.11 Å². The molecule has 0 atom stereocenters. The first-order valence-electron chi connectivity index (χ1n) is 8.87. The average Bonchev–Trinajstić information content (AvgIpc) is 2.74. The lowest BCUT2D eigenvalue weighted by molar-refractivity contribution is 0.412. The minimum absolute atomic E-state index is 0.156. The van der Waals surface area contributed by atoms with E-state index in [1.165, 1.54) is 0 Å². The number of nitrogens with zero attached hydrogens (tertiary/aromatic N) is 2. The van der Waals surface area contributed by atoms with Crippen molar-refractivity contribution in [1.29, 1.82) is 0 Å². The monoisotopic (exact) mass is 514 g/mol. The van der Waals surface area contributed by atoms with Gasteiger partial charge in [-0.1, -0.05) is 41.9 Å². The van der Waals surface area contributed by atoms with Gasteiger partial charge in [-0.2, -0.15) is 0 Å². The van der Waals surface area contributed by atoms with Gasteiger partial charge in [0.15, 0.2) is 0 Å². The molecule has 0 unspecified atom stereocenters. The molecule has 1 aromatic heterocycles. The molecule has 0 saturated carbocycles. The number of halogens is 2. The van der Waals surface area contributed by atoms with Crippen LogP contribution in [0, 0.1) is 3.57 Å². The van der Waals surface area contributed by atoms with Crippen LogP contribution in [0.1, 0.15) is 11.4 Å². The van der Waals surface area contributed by atoms with Gasteiger partial charge in [0.2, 0.25) is 0 Å². The standard InChI is InChI=1S/C23H16ClIN2O2/c1-29-21-9-5-4-8-20(21)27-22(13-10-15-6-2-3-7-18(15)24)26-19-12-11-16(25)14-17(19)23(27)28/h2-14H,1H3. The smallest absolute Gasteiger partial charge is 0.266 e. The van der Waals surface area contributed by atoms with E-state index in [1.807, 2.05) is 72.8 Å². The van der Waals surface area contributed by atoms with Crippen LogP contribution < -0.4 is 10.3 Å². The first kappa shape index (κ1) is 19.7. The van der Waals surface area contributed by atoms with Crippen molar-refractivity contribution in [2.45, 2.75) is 0 Å². The highest BCUT2D eigenvalue weighted by molar-refractivity contribution is 14.1. The number of hydrogen-bond donors (Lipinski definition) is 0. The van der Waals surface area contributed by atoms with Crippen LogP contribution in [-0.2, 0) is 0 Å². The van der Waals surface area contributed by atoms with E-state index in [9.17, 15) is 4.79 Å². The van der Waals surface area contributed by atoms with Gasteiger partial charge in [0, 0.05) is 8.59 Å². The third-order valence-electron chi connectivity index (χ3n) is 4.50. The van der Waals surface area contributed by atoms with Crippen LogP contribution in [0.2, 0.25) is 5.02 Å². The lowest BCUT2D eigenvalue weighted by atomic mass is 10.2. The Hall–Kier alpha value is -2.64. The zero-order chi connectivity index (χ0) is 20.4. The van der Waals surface area contributed by atoms with Gasteiger partial charge in [-0.15, -0.1) is 0 Å². The number of rotatable bonds is 4. The summed E-state index contributed by atoms with van der Waals surface area (Å²) < 4.78 is 8.04. The van der Waals surface area contributed by atoms with Crippen LogP contribution in [0.5, 0.6) is 5.75 Å². The van der Waals surface area contributed by atoms with Crippen LogP contribution in [-0.4, -0.2) is 16.7 Å². The van der Waals surface area contributed by atoms with E-state index in [0.29, 0.717) is 33.2 Å². The molecule has 0 aliphatic carbocycles. The number of aromatic nitrogens is 2. The van der Waals surface area contributed by atoms with Crippen molar-refractivity contribution < 1.29 is 4.74 Å². The van der Waals surface area contributed by atoms with E-state index in [1.54, 1.807) is 17.8 Å². The fourth-order valence-corrected chi connectivity index (χ4v) is 3.80. The van der Waals surface area contributed by atoms with E-state index in [2.05, 4.69) is 22.6 Å². The number of hydrogen-bond acceptors (Lipinski definition) is 3. The van der Waals surface area contributed by atoms with Crippen LogP contribution in [0.4, 0.5) is 0 Å². The lowest BCUT2D eigenvalue weighted by Gasteiger charge is -2.14. The minimum atomic E-state index is -0.156. The Labute approximate surface area is 186 Å². The maximum atomic E-state index is 13.5. The lowest BCUT2D eigenvalue weighted by Crippen LogP contribution is -2.23. The second-order valence-corrected chi connectivity index (χ2v) is 7.95. The van der Waals surface area contributed by atoms with Gasteiger partial charge in [0.05, 0.1) is 23.7 Å². The first-order valence-corrected chi connectivity index (χ1v) is 10.3. The zero-order valence-electron chi connectivity index (χ0n) is 15.5. The quantitative estimate of drug-likeness (QED) is 0.322. The second-order valence-electron chi connectivity index (χ2n) is 6.30. The first-order chi connectivity index (χ1) is 14.1. The van der Waals surface area contributed by atoms with Gasteiger partial charge in [-0.05, 0) is 76.7 Å². The Morgan fingerprint density at radius 3 is 2.59 bits per heavy atom. The highest BCUT2D eigenvalue weighted by atomic mass is 127. The van der Waals surface area contributed by atoms with Crippen LogP contribution in [0.3, 0.4) is 0 Å². The molecule has 4 rings (SSSR count). The number of para-hydroxylation sites is 2. The largest absolute Gasteiger partial charge is 0.495 e. The molecule has 0 aliphatic rings. The summed E-state index contributed by atoms with van der Waals surface area (Å²) in [5.74, 6) is 1.09. The molecule has 4 aromatic rings. The number of fused-ring (bicyclic) bond motifs is 1. The molecule has 0 radical (unpaired) electrons. The van der Waals surface area contributed by atoms with Crippen molar-refractivity contribution in [3.8, 4) is 11.4 Å². The SMILES string of the molecule is COc1ccccc1-n1c(C=Cc2ccccc2Cl)nc2ccc(I)cc2c1=O. The summed E-state index contributed by atoms with van der Waals surface area (Å²) in [6.07, 6.45) is 3.65. The molecule has 0 N–H and O–H groups in total. The molecule has 0 fully saturated rings. The summed E-state index contributed by atoms with van der Waals surface area (Å²) >= 11 is 8.47. The van der Waals surface area contributed by atoms with E-state index in [0.717, 1.165) is 9.13 Å². The topological polar surface area (TPSA) is 44.1 Å². The summed E-state index contributed by atoms with van der Waals surface area (Å²) in [4.78, 5) is 18.2. The third-order valence-corrected chi connectivity index (χ3v) is 5.51. The second kappa shape index (κ2) is 8.39. The maximum absolute atomic E-state index is 13.5. The van der Waals surface area contributed by atoms with E-state index in [-0.39, 0.29) is 5.56 Å². The van der Waals surface area contributed by atoms with E-state index >= 15 is 0 Å². The summed E-state index contributed by atoms with van der Waals surface area (Å²) in [6, 6.07) is 20.6. The Balaban J connectivity index is 2.01. The van der Waals surface area contributed by atoms with Gasteiger partial charge < -0.3 is 4.74 Å². The highest BCUT2D eigenvalue weighted by Gasteiger charge is 2.14. The summed E-state index contributed by atoms with van der Waals surface area (Å²) in [6.45, 7) is 0. The maximum Gasteiger partial charge on any atom is 0.266 e. The molecule has 0 spiro atoms. The van der Waals surface area contributed by atoms with Gasteiger partial charge in [-0.25, -0.2) is 4.98 Å². The molecule has 0 bridgehead atoms. The van der Waals surface area contributed by atoms with Crippen molar-refractivity contribution >= 4 is 57.2 Å². The highest BCUT2D eigenvalue weighted by Crippen LogP contribution is 2.25. The molecule has 29 heavy (non-hydrogen) atoms. The van der Waals surface area contributed by atoms with Gasteiger partial charge in [0.25, 0.3) is 5.56 Å². The summed E-state index contributed by atoms with van der Waals surface area (Å²) in [5, 5.41) is 1.18. The molecule has 3 aromatic carbocycles. The predicted octanol–water partition coefficient (Wildman–Crippen LogP) is 5.82.